The average molecular weight is 281 g/mol. The molecule has 0 aliphatic heterocycles. The summed E-state index contributed by atoms with van der Waals surface area (Å²) in [7, 11) is 0. The molecule has 0 amide bonds. The highest BCUT2D eigenvalue weighted by atomic mass is 19.4. The number of hydrogen-bond donors (Lipinski definition) is 2. The molecule has 1 saturated carbocycles. The van der Waals surface area contributed by atoms with Crippen LogP contribution in [0.4, 0.5) is 13.2 Å². The highest BCUT2D eigenvalue weighted by Gasteiger charge is 2.45. The fourth-order valence-corrected chi connectivity index (χ4v) is 3.04. The predicted molar refractivity (Wildman–Crippen MR) is 69.9 cm³/mol. The Kier molecular flexibility index (Phi) is 6.60. The fourth-order valence-electron chi connectivity index (χ4n) is 3.04. The van der Waals surface area contributed by atoms with E-state index in [0.717, 1.165) is 19.3 Å². The second-order valence-electron chi connectivity index (χ2n) is 5.59. The summed E-state index contributed by atoms with van der Waals surface area (Å²) in [6.07, 6.45) is -0.715. The van der Waals surface area contributed by atoms with Crippen molar-refractivity contribution in [2.75, 3.05) is 6.54 Å². The second-order valence-corrected chi connectivity index (χ2v) is 5.59. The summed E-state index contributed by atoms with van der Waals surface area (Å²) >= 11 is 0. The van der Waals surface area contributed by atoms with Gasteiger partial charge in [-0.25, -0.2) is 0 Å². The first-order valence-corrected chi connectivity index (χ1v) is 7.38. The largest absolute Gasteiger partial charge is 0.393 e. The second kappa shape index (κ2) is 7.48. The molecule has 0 radical (unpaired) electrons. The van der Waals surface area contributed by atoms with E-state index in [-0.39, 0.29) is 18.9 Å². The highest BCUT2D eigenvalue weighted by molar-refractivity contribution is 4.86. The minimum Gasteiger partial charge on any atom is -0.392 e. The van der Waals surface area contributed by atoms with Crippen LogP contribution in [-0.4, -0.2) is 30.0 Å². The zero-order valence-corrected chi connectivity index (χ0v) is 11.8. The van der Waals surface area contributed by atoms with E-state index in [9.17, 15) is 18.3 Å². The van der Waals surface area contributed by atoms with Crippen LogP contribution in [0.1, 0.15) is 52.4 Å². The van der Waals surface area contributed by atoms with Crippen LogP contribution in [0.25, 0.3) is 0 Å². The van der Waals surface area contributed by atoms with Crippen LogP contribution in [0.3, 0.4) is 0 Å². The van der Waals surface area contributed by atoms with Crippen molar-refractivity contribution in [2.24, 2.45) is 11.8 Å². The Hall–Kier alpha value is -0.290. The minimum atomic E-state index is -4.13. The van der Waals surface area contributed by atoms with Crippen molar-refractivity contribution in [3.8, 4) is 0 Å². The van der Waals surface area contributed by atoms with Gasteiger partial charge >= 0.3 is 6.18 Å². The molecule has 0 bridgehead atoms. The summed E-state index contributed by atoms with van der Waals surface area (Å²) in [5.74, 6) is -1.09. The van der Waals surface area contributed by atoms with Gasteiger partial charge in [-0.3, -0.25) is 0 Å². The minimum absolute atomic E-state index is 0.167. The molecule has 1 rings (SSSR count). The number of nitrogens with one attached hydrogen (secondary N) is 1. The van der Waals surface area contributed by atoms with Crippen molar-refractivity contribution < 1.29 is 18.3 Å². The standard InChI is InChI=1S/C14H26F3NO/c1-3-10(4-2)13(19)9-18-12-8-6-5-7-11(12)14(15,16)17/h10-13,18-19H,3-9H2,1-2H3. The molecule has 3 unspecified atom stereocenters. The van der Waals surface area contributed by atoms with Crippen LogP contribution in [-0.2, 0) is 0 Å². The van der Waals surface area contributed by atoms with Crippen LogP contribution in [0.5, 0.6) is 0 Å². The monoisotopic (exact) mass is 281 g/mol. The van der Waals surface area contributed by atoms with E-state index in [2.05, 4.69) is 5.32 Å². The summed E-state index contributed by atoms with van der Waals surface area (Å²) < 4.78 is 38.7. The molecule has 0 aromatic rings. The Labute approximate surface area is 113 Å². The number of rotatable bonds is 6. The normalized spacial score (nSPS) is 26.7. The zero-order chi connectivity index (χ0) is 14.5. The average Bonchev–Trinajstić information content (AvgIpc) is 2.37. The van der Waals surface area contributed by atoms with Crippen LogP contribution < -0.4 is 5.32 Å². The van der Waals surface area contributed by atoms with Gasteiger partial charge in [-0.05, 0) is 18.8 Å². The summed E-state index contributed by atoms with van der Waals surface area (Å²) in [5.41, 5.74) is 0. The molecule has 5 heteroatoms. The molecule has 1 aliphatic rings. The molecule has 0 spiro atoms. The maximum absolute atomic E-state index is 12.9. The summed E-state index contributed by atoms with van der Waals surface area (Å²) in [6.45, 7) is 4.26. The lowest BCUT2D eigenvalue weighted by molar-refractivity contribution is -0.189. The maximum Gasteiger partial charge on any atom is 0.393 e. The van der Waals surface area contributed by atoms with Crippen molar-refractivity contribution >= 4 is 0 Å². The van der Waals surface area contributed by atoms with E-state index in [4.69, 9.17) is 0 Å². The van der Waals surface area contributed by atoms with Gasteiger partial charge in [0.25, 0.3) is 0 Å². The lowest BCUT2D eigenvalue weighted by Crippen LogP contribution is -2.48. The topological polar surface area (TPSA) is 32.3 Å². The van der Waals surface area contributed by atoms with Gasteiger partial charge in [0.1, 0.15) is 0 Å². The smallest absolute Gasteiger partial charge is 0.392 e. The first kappa shape index (κ1) is 16.8. The van der Waals surface area contributed by atoms with Crippen molar-refractivity contribution in [1.29, 1.82) is 0 Å². The van der Waals surface area contributed by atoms with E-state index in [0.29, 0.717) is 12.8 Å². The lowest BCUT2D eigenvalue weighted by atomic mass is 9.83. The van der Waals surface area contributed by atoms with Gasteiger partial charge in [0.2, 0.25) is 0 Å². The Morgan fingerprint density at radius 2 is 1.74 bits per heavy atom. The van der Waals surface area contributed by atoms with Crippen LogP contribution in [0.2, 0.25) is 0 Å². The summed E-state index contributed by atoms with van der Waals surface area (Å²) in [6, 6.07) is -0.530. The fraction of sp³-hybridized carbons (Fsp3) is 1.00. The third-order valence-electron chi connectivity index (χ3n) is 4.37. The van der Waals surface area contributed by atoms with E-state index in [1.807, 2.05) is 13.8 Å². The van der Waals surface area contributed by atoms with Crippen LogP contribution in [0, 0.1) is 11.8 Å². The lowest BCUT2D eigenvalue weighted by Gasteiger charge is -2.34. The first-order valence-electron chi connectivity index (χ1n) is 7.38. The van der Waals surface area contributed by atoms with Crippen molar-refractivity contribution in [1.82, 2.24) is 5.32 Å². The van der Waals surface area contributed by atoms with E-state index in [1.54, 1.807) is 0 Å². The van der Waals surface area contributed by atoms with Gasteiger partial charge in [-0.2, -0.15) is 13.2 Å². The zero-order valence-electron chi connectivity index (χ0n) is 11.8. The molecule has 0 aromatic carbocycles. The molecule has 2 N–H and O–H groups in total. The third kappa shape index (κ3) is 4.95. The molecule has 3 atom stereocenters. The molecule has 0 aromatic heterocycles. The van der Waals surface area contributed by atoms with Gasteiger partial charge in [0.05, 0.1) is 12.0 Å². The number of alkyl halides is 3. The number of halogens is 3. The Bertz CT molecular complexity index is 254. The predicted octanol–water partition coefficient (Wildman–Crippen LogP) is 3.49. The van der Waals surface area contributed by atoms with Crippen molar-refractivity contribution in [3.63, 3.8) is 0 Å². The Balaban J connectivity index is 2.49. The summed E-state index contributed by atoms with van der Waals surface area (Å²) in [4.78, 5) is 0. The number of hydrogen-bond acceptors (Lipinski definition) is 2. The van der Waals surface area contributed by atoms with Crippen LogP contribution in [0.15, 0.2) is 0 Å². The maximum atomic E-state index is 12.9. The molecule has 0 saturated heterocycles. The number of aliphatic hydroxyl groups is 1. The highest BCUT2D eigenvalue weighted by Crippen LogP contribution is 2.37. The SMILES string of the molecule is CCC(CC)C(O)CNC1CCCCC1C(F)(F)F. The van der Waals surface area contributed by atoms with Gasteiger partial charge in [-0.1, -0.05) is 39.5 Å². The number of aliphatic hydroxyl groups excluding tert-OH is 1. The molecule has 2 nitrogen and oxygen atoms in total. The molecule has 114 valence electrons. The first-order chi connectivity index (χ1) is 8.90. The molecule has 0 heterocycles. The van der Waals surface area contributed by atoms with Gasteiger partial charge in [0.15, 0.2) is 0 Å². The Morgan fingerprint density at radius 1 is 1.16 bits per heavy atom. The van der Waals surface area contributed by atoms with Crippen molar-refractivity contribution in [3.05, 3.63) is 0 Å². The van der Waals surface area contributed by atoms with E-state index < -0.39 is 24.2 Å². The summed E-state index contributed by atoms with van der Waals surface area (Å²) in [5, 5.41) is 12.9. The van der Waals surface area contributed by atoms with Crippen LogP contribution >= 0.6 is 0 Å². The van der Waals surface area contributed by atoms with E-state index >= 15 is 0 Å². The van der Waals surface area contributed by atoms with E-state index in [1.165, 1.54) is 0 Å². The molecule has 19 heavy (non-hydrogen) atoms. The van der Waals surface area contributed by atoms with Gasteiger partial charge in [0, 0.05) is 12.6 Å². The molecular weight excluding hydrogens is 255 g/mol. The molecule has 1 aliphatic carbocycles. The quantitative estimate of drug-likeness (QED) is 0.781. The van der Waals surface area contributed by atoms with Crippen molar-refractivity contribution in [2.45, 2.75) is 70.7 Å². The van der Waals surface area contributed by atoms with Gasteiger partial charge < -0.3 is 10.4 Å². The Morgan fingerprint density at radius 3 is 2.26 bits per heavy atom. The third-order valence-corrected chi connectivity index (χ3v) is 4.37. The van der Waals surface area contributed by atoms with Gasteiger partial charge in [-0.15, -0.1) is 0 Å². The molecular formula is C14H26F3NO. The molecule has 1 fully saturated rings.